The smallest absolute Gasteiger partial charge is 0.308 e. The SMILES string of the molecule is O=C(OCC[C@H]1Oc2ccc(Cl)cc2NC1=O)C1CCCCC1. The summed E-state index contributed by atoms with van der Waals surface area (Å²) >= 11 is 5.89. The second kappa shape index (κ2) is 7.21. The molecule has 1 aromatic rings. The molecular formula is C17H20ClNO4. The number of hydrogen-bond acceptors (Lipinski definition) is 4. The first-order valence-electron chi connectivity index (χ1n) is 8.07. The van der Waals surface area contributed by atoms with E-state index in [-0.39, 0.29) is 24.4 Å². The molecule has 1 amide bonds. The number of halogens is 1. The van der Waals surface area contributed by atoms with Crippen LogP contribution in [0, 0.1) is 5.92 Å². The Balaban J connectivity index is 1.49. The highest BCUT2D eigenvalue weighted by Crippen LogP contribution is 2.32. The highest BCUT2D eigenvalue weighted by Gasteiger charge is 2.28. The standard InChI is InChI=1S/C17H20ClNO4/c18-12-6-7-14-13(10-12)19-16(20)15(23-14)8-9-22-17(21)11-4-2-1-3-5-11/h6-7,10-11,15H,1-5,8-9H2,(H,19,20)/t15-/m1/s1. The Kier molecular flexibility index (Phi) is 5.06. The molecule has 1 fully saturated rings. The fourth-order valence-electron chi connectivity index (χ4n) is 3.04. The van der Waals surface area contributed by atoms with E-state index in [0.717, 1.165) is 25.7 Å². The minimum absolute atomic E-state index is 0.0210. The average molecular weight is 338 g/mol. The molecule has 1 saturated carbocycles. The van der Waals surface area contributed by atoms with Gasteiger partial charge in [0, 0.05) is 11.4 Å². The number of hydrogen-bond donors (Lipinski definition) is 1. The second-order valence-corrected chi connectivity index (χ2v) is 6.46. The Bertz CT molecular complexity index is 598. The van der Waals surface area contributed by atoms with Gasteiger partial charge in [-0.05, 0) is 31.0 Å². The lowest BCUT2D eigenvalue weighted by molar-refractivity contribution is -0.150. The zero-order chi connectivity index (χ0) is 16.2. The minimum Gasteiger partial charge on any atom is -0.478 e. The van der Waals surface area contributed by atoms with Crippen molar-refractivity contribution < 1.29 is 19.1 Å². The van der Waals surface area contributed by atoms with Gasteiger partial charge in [-0.25, -0.2) is 0 Å². The zero-order valence-electron chi connectivity index (χ0n) is 12.8. The van der Waals surface area contributed by atoms with Gasteiger partial charge in [-0.3, -0.25) is 9.59 Å². The van der Waals surface area contributed by atoms with E-state index >= 15 is 0 Å². The van der Waals surface area contributed by atoms with E-state index in [1.54, 1.807) is 18.2 Å². The molecule has 124 valence electrons. The zero-order valence-corrected chi connectivity index (χ0v) is 13.6. The molecule has 0 saturated heterocycles. The van der Waals surface area contributed by atoms with E-state index in [0.29, 0.717) is 22.9 Å². The molecule has 0 spiro atoms. The maximum Gasteiger partial charge on any atom is 0.308 e. The van der Waals surface area contributed by atoms with Crippen LogP contribution in [0.4, 0.5) is 5.69 Å². The van der Waals surface area contributed by atoms with Gasteiger partial charge >= 0.3 is 5.97 Å². The van der Waals surface area contributed by atoms with Gasteiger partial charge in [0.15, 0.2) is 6.10 Å². The maximum absolute atomic E-state index is 12.0. The van der Waals surface area contributed by atoms with E-state index in [4.69, 9.17) is 21.1 Å². The molecule has 1 aromatic carbocycles. The number of amides is 1. The fourth-order valence-corrected chi connectivity index (χ4v) is 3.21. The van der Waals surface area contributed by atoms with E-state index in [1.807, 2.05) is 0 Å². The van der Waals surface area contributed by atoms with Crippen molar-refractivity contribution in [2.45, 2.75) is 44.6 Å². The molecule has 0 unspecified atom stereocenters. The number of nitrogens with one attached hydrogen (secondary N) is 1. The van der Waals surface area contributed by atoms with Gasteiger partial charge in [-0.15, -0.1) is 0 Å². The quantitative estimate of drug-likeness (QED) is 0.853. The van der Waals surface area contributed by atoms with E-state index in [2.05, 4.69) is 5.32 Å². The van der Waals surface area contributed by atoms with Gasteiger partial charge in [-0.1, -0.05) is 30.9 Å². The van der Waals surface area contributed by atoms with Crippen LogP contribution in [-0.2, 0) is 14.3 Å². The van der Waals surface area contributed by atoms with Crippen molar-refractivity contribution in [1.82, 2.24) is 0 Å². The lowest BCUT2D eigenvalue weighted by Gasteiger charge is -2.26. The van der Waals surface area contributed by atoms with Crippen LogP contribution in [0.25, 0.3) is 0 Å². The van der Waals surface area contributed by atoms with Crippen LogP contribution >= 0.6 is 11.6 Å². The lowest BCUT2D eigenvalue weighted by atomic mass is 9.89. The molecule has 1 atom stereocenters. The van der Waals surface area contributed by atoms with Crippen LogP contribution in [0.5, 0.6) is 5.75 Å². The van der Waals surface area contributed by atoms with Crippen LogP contribution in [0.1, 0.15) is 38.5 Å². The Morgan fingerprint density at radius 1 is 1.30 bits per heavy atom. The van der Waals surface area contributed by atoms with Crippen molar-refractivity contribution in [3.05, 3.63) is 23.2 Å². The summed E-state index contributed by atoms with van der Waals surface area (Å²) in [6.45, 7) is 0.191. The molecule has 1 heterocycles. The highest BCUT2D eigenvalue weighted by molar-refractivity contribution is 6.31. The summed E-state index contributed by atoms with van der Waals surface area (Å²) in [5, 5.41) is 3.30. The summed E-state index contributed by atoms with van der Waals surface area (Å²) in [6.07, 6.45) is 4.89. The van der Waals surface area contributed by atoms with Crippen molar-refractivity contribution in [2.75, 3.05) is 11.9 Å². The van der Waals surface area contributed by atoms with Gasteiger partial charge in [0.05, 0.1) is 18.2 Å². The summed E-state index contributed by atoms with van der Waals surface area (Å²) in [5.41, 5.74) is 0.568. The first-order valence-corrected chi connectivity index (χ1v) is 8.45. The predicted molar refractivity (Wildman–Crippen MR) is 86.6 cm³/mol. The first kappa shape index (κ1) is 16.1. The fraction of sp³-hybridized carbons (Fsp3) is 0.529. The van der Waals surface area contributed by atoms with Crippen molar-refractivity contribution in [3.63, 3.8) is 0 Å². The number of ether oxygens (including phenoxy) is 2. The number of rotatable bonds is 4. The third-order valence-corrected chi connectivity index (χ3v) is 4.56. The van der Waals surface area contributed by atoms with Crippen molar-refractivity contribution >= 4 is 29.2 Å². The molecular weight excluding hydrogens is 318 g/mol. The number of carbonyl (C=O) groups excluding carboxylic acids is 2. The normalized spacial score (nSPS) is 21.1. The molecule has 1 aliphatic carbocycles. The van der Waals surface area contributed by atoms with E-state index < -0.39 is 6.10 Å². The molecule has 0 radical (unpaired) electrons. The highest BCUT2D eigenvalue weighted by atomic mass is 35.5. The predicted octanol–water partition coefficient (Wildman–Crippen LogP) is 3.55. The van der Waals surface area contributed by atoms with Gasteiger partial charge in [0.2, 0.25) is 0 Å². The second-order valence-electron chi connectivity index (χ2n) is 6.03. The first-order chi connectivity index (χ1) is 11.1. The van der Waals surface area contributed by atoms with E-state index in [1.165, 1.54) is 6.42 Å². The Hall–Kier alpha value is -1.75. The maximum atomic E-state index is 12.0. The number of anilines is 1. The minimum atomic E-state index is -0.650. The van der Waals surface area contributed by atoms with Crippen LogP contribution in [0.3, 0.4) is 0 Å². The average Bonchev–Trinajstić information content (AvgIpc) is 2.56. The third kappa shape index (κ3) is 3.96. The Morgan fingerprint density at radius 2 is 2.09 bits per heavy atom. The largest absolute Gasteiger partial charge is 0.478 e. The van der Waals surface area contributed by atoms with Gasteiger partial charge in [0.25, 0.3) is 5.91 Å². The summed E-state index contributed by atoms with van der Waals surface area (Å²) in [7, 11) is 0. The Labute approximate surface area is 140 Å². The lowest BCUT2D eigenvalue weighted by Crippen LogP contribution is -2.38. The van der Waals surface area contributed by atoms with Crippen molar-refractivity contribution in [3.8, 4) is 5.75 Å². The van der Waals surface area contributed by atoms with Gasteiger partial charge in [-0.2, -0.15) is 0 Å². The summed E-state index contributed by atoms with van der Waals surface area (Å²) in [5.74, 6) is 0.215. The van der Waals surface area contributed by atoms with E-state index in [9.17, 15) is 9.59 Å². The molecule has 1 aliphatic heterocycles. The van der Waals surface area contributed by atoms with Gasteiger partial charge < -0.3 is 14.8 Å². The molecule has 3 rings (SSSR count). The van der Waals surface area contributed by atoms with Crippen LogP contribution in [0.2, 0.25) is 5.02 Å². The summed E-state index contributed by atoms with van der Waals surface area (Å²) in [4.78, 5) is 24.0. The molecule has 23 heavy (non-hydrogen) atoms. The summed E-state index contributed by atoms with van der Waals surface area (Å²) in [6, 6.07) is 5.07. The Morgan fingerprint density at radius 3 is 2.87 bits per heavy atom. The number of benzene rings is 1. The van der Waals surface area contributed by atoms with Crippen LogP contribution in [-0.4, -0.2) is 24.6 Å². The van der Waals surface area contributed by atoms with Crippen molar-refractivity contribution in [2.24, 2.45) is 5.92 Å². The number of carbonyl (C=O) groups is 2. The van der Waals surface area contributed by atoms with Crippen LogP contribution < -0.4 is 10.1 Å². The number of esters is 1. The monoisotopic (exact) mass is 337 g/mol. The van der Waals surface area contributed by atoms with Gasteiger partial charge in [0.1, 0.15) is 5.75 Å². The molecule has 2 aliphatic rings. The summed E-state index contributed by atoms with van der Waals surface area (Å²) < 4.78 is 11.0. The molecule has 6 heteroatoms. The molecule has 5 nitrogen and oxygen atoms in total. The van der Waals surface area contributed by atoms with Crippen LogP contribution in [0.15, 0.2) is 18.2 Å². The molecule has 0 bridgehead atoms. The molecule has 1 N–H and O–H groups in total. The van der Waals surface area contributed by atoms with Crippen molar-refractivity contribution in [1.29, 1.82) is 0 Å². The topological polar surface area (TPSA) is 64.6 Å². The third-order valence-electron chi connectivity index (χ3n) is 4.32. The molecule has 0 aromatic heterocycles. The number of fused-ring (bicyclic) bond motifs is 1.